The SMILES string of the molecule is O=C(OC1=NC=CNC=C1)c1ccccc1. The molecule has 1 aromatic rings. The molecule has 16 heavy (non-hydrogen) atoms. The van der Waals surface area contributed by atoms with Gasteiger partial charge in [0.15, 0.2) is 0 Å². The van der Waals surface area contributed by atoms with E-state index in [2.05, 4.69) is 10.3 Å². The van der Waals surface area contributed by atoms with Crippen LogP contribution in [-0.4, -0.2) is 11.9 Å². The third kappa shape index (κ3) is 2.57. The first-order chi connectivity index (χ1) is 7.86. The first-order valence-electron chi connectivity index (χ1n) is 4.79. The zero-order valence-electron chi connectivity index (χ0n) is 8.46. The Hall–Kier alpha value is -2.36. The summed E-state index contributed by atoms with van der Waals surface area (Å²) in [4.78, 5) is 15.6. The average Bonchev–Trinajstić information content (AvgIpc) is 2.59. The molecule has 80 valence electrons. The summed E-state index contributed by atoms with van der Waals surface area (Å²) < 4.78 is 5.09. The molecule has 1 aliphatic heterocycles. The van der Waals surface area contributed by atoms with E-state index >= 15 is 0 Å². The normalized spacial score (nSPS) is 13.6. The van der Waals surface area contributed by atoms with Gasteiger partial charge in [-0.15, -0.1) is 0 Å². The van der Waals surface area contributed by atoms with Gasteiger partial charge in [0.25, 0.3) is 0 Å². The lowest BCUT2D eigenvalue weighted by atomic mass is 10.2. The molecule has 0 spiro atoms. The van der Waals surface area contributed by atoms with Gasteiger partial charge >= 0.3 is 5.97 Å². The number of hydrogen-bond acceptors (Lipinski definition) is 4. The molecule has 0 fully saturated rings. The highest BCUT2D eigenvalue weighted by Gasteiger charge is 2.08. The van der Waals surface area contributed by atoms with Crippen LogP contribution < -0.4 is 5.32 Å². The Balaban J connectivity index is 2.08. The van der Waals surface area contributed by atoms with Crippen molar-refractivity contribution in [3.63, 3.8) is 0 Å². The molecule has 0 radical (unpaired) electrons. The van der Waals surface area contributed by atoms with Crippen molar-refractivity contribution in [1.82, 2.24) is 5.32 Å². The van der Waals surface area contributed by atoms with Gasteiger partial charge in [-0.3, -0.25) is 0 Å². The highest BCUT2D eigenvalue weighted by Crippen LogP contribution is 2.02. The number of rotatable bonds is 1. The molecule has 4 nitrogen and oxygen atoms in total. The van der Waals surface area contributed by atoms with Crippen molar-refractivity contribution in [3.05, 3.63) is 60.6 Å². The summed E-state index contributed by atoms with van der Waals surface area (Å²) in [7, 11) is 0. The number of nitrogens with one attached hydrogen (secondary N) is 1. The van der Waals surface area contributed by atoms with E-state index in [1.807, 2.05) is 6.07 Å². The zero-order valence-corrected chi connectivity index (χ0v) is 8.46. The maximum Gasteiger partial charge on any atom is 0.344 e. The molecule has 0 amide bonds. The summed E-state index contributed by atoms with van der Waals surface area (Å²) in [5, 5.41) is 2.82. The van der Waals surface area contributed by atoms with Crippen LogP contribution in [0.2, 0.25) is 0 Å². The number of aliphatic imine (C=N–C) groups is 1. The van der Waals surface area contributed by atoms with E-state index in [1.54, 1.807) is 42.7 Å². The van der Waals surface area contributed by atoms with E-state index < -0.39 is 5.97 Å². The lowest BCUT2D eigenvalue weighted by Crippen LogP contribution is -2.10. The lowest BCUT2D eigenvalue weighted by Gasteiger charge is -2.02. The highest BCUT2D eigenvalue weighted by molar-refractivity contribution is 6.02. The fraction of sp³-hybridized carbons (Fsp3) is 0. The minimum atomic E-state index is -0.417. The zero-order chi connectivity index (χ0) is 11.2. The molecule has 2 rings (SSSR count). The van der Waals surface area contributed by atoms with E-state index in [0.717, 1.165) is 0 Å². The minimum Gasteiger partial charge on any atom is -0.404 e. The Kier molecular flexibility index (Phi) is 3.13. The summed E-state index contributed by atoms with van der Waals surface area (Å²) in [5.41, 5.74) is 0.500. The van der Waals surface area contributed by atoms with Crippen LogP contribution in [0, 0.1) is 0 Å². The third-order valence-electron chi connectivity index (χ3n) is 1.90. The average molecular weight is 214 g/mol. The molecule has 1 aromatic carbocycles. The molecule has 0 saturated heterocycles. The lowest BCUT2D eigenvalue weighted by molar-refractivity contribution is 0.0719. The molecule has 0 aliphatic carbocycles. The summed E-state index contributed by atoms with van der Waals surface area (Å²) in [6.07, 6.45) is 6.38. The quantitative estimate of drug-likeness (QED) is 0.725. The Morgan fingerprint density at radius 1 is 1.19 bits per heavy atom. The van der Waals surface area contributed by atoms with Gasteiger partial charge in [0.05, 0.1) is 5.56 Å². The van der Waals surface area contributed by atoms with Gasteiger partial charge in [-0.1, -0.05) is 18.2 Å². The Bertz CT molecular complexity index is 461. The first kappa shape index (κ1) is 10.2. The predicted octanol–water partition coefficient (Wildman–Crippen LogP) is 1.83. The summed E-state index contributed by atoms with van der Waals surface area (Å²) in [5.74, 6) is -0.158. The second-order valence-corrected chi connectivity index (χ2v) is 3.04. The number of carbonyl (C=O) groups is 1. The molecule has 1 N–H and O–H groups in total. The minimum absolute atomic E-state index is 0.259. The molecule has 1 heterocycles. The molecule has 0 saturated carbocycles. The van der Waals surface area contributed by atoms with E-state index in [9.17, 15) is 4.79 Å². The van der Waals surface area contributed by atoms with Gasteiger partial charge in [0, 0.05) is 24.7 Å². The molecule has 0 atom stereocenters. The fourth-order valence-corrected chi connectivity index (χ4v) is 1.16. The van der Waals surface area contributed by atoms with Crippen molar-refractivity contribution in [2.24, 2.45) is 4.99 Å². The number of carbonyl (C=O) groups excluding carboxylic acids is 1. The molecular formula is C12H10N2O2. The Labute approximate surface area is 93.0 Å². The summed E-state index contributed by atoms with van der Waals surface area (Å²) in [6.45, 7) is 0. The monoisotopic (exact) mass is 214 g/mol. The van der Waals surface area contributed by atoms with Crippen molar-refractivity contribution >= 4 is 11.9 Å². The van der Waals surface area contributed by atoms with Crippen LogP contribution in [0.5, 0.6) is 0 Å². The number of hydrogen-bond donors (Lipinski definition) is 1. The van der Waals surface area contributed by atoms with E-state index in [-0.39, 0.29) is 5.90 Å². The largest absolute Gasteiger partial charge is 0.404 e. The number of benzene rings is 1. The second-order valence-electron chi connectivity index (χ2n) is 3.04. The fourth-order valence-electron chi connectivity index (χ4n) is 1.16. The van der Waals surface area contributed by atoms with Gasteiger partial charge in [-0.05, 0) is 12.1 Å². The maximum absolute atomic E-state index is 11.6. The van der Waals surface area contributed by atoms with E-state index in [1.165, 1.54) is 6.20 Å². The van der Waals surface area contributed by atoms with Crippen LogP contribution in [0.4, 0.5) is 0 Å². The predicted molar refractivity (Wildman–Crippen MR) is 60.7 cm³/mol. The molecule has 0 aromatic heterocycles. The van der Waals surface area contributed by atoms with Crippen molar-refractivity contribution in [1.29, 1.82) is 0 Å². The van der Waals surface area contributed by atoms with Gasteiger partial charge in [-0.2, -0.15) is 0 Å². The Morgan fingerprint density at radius 2 is 2.00 bits per heavy atom. The second kappa shape index (κ2) is 4.93. The van der Waals surface area contributed by atoms with Crippen LogP contribution in [0.3, 0.4) is 0 Å². The molecule has 4 heteroatoms. The van der Waals surface area contributed by atoms with Crippen LogP contribution >= 0.6 is 0 Å². The van der Waals surface area contributed by atoms with Crippen LogP contribution in [0.25, 0.3) is 0 Å². The van der Waals surface area contributed by atoms with Crippen LogP contribution in [-0.2, 0) is 4.74 Å². The van der Waals surface area contributed by atoms with E-state index in [0.29, 0.717) is 5.56 Å². The first-order valence-corrected chi connectivity index (χ1v) is 4.79. The van der Waals surface area contributed by atoms with Crippen molar-refractivity contribution in [3.8, 4) is 0 Å². The van der Waals surface area contributed by atoms with Crippen molar-refractivity contribution in [2.45, 2.75) is 0 Å². The smallest absolute Gasteiger partial charge is 0.344 e. The van der Waals surface area contributed by atoms with Crippen molar-refractivity contribution in [2.75, 3.05) is 0 Å². The summed E-state index contributed by atoms with van der Waals surface area (Å²) in [6, 6.07) is 8.78. The van der Waals surface area contributed by atoms with Gasteiger partial charge < -0.3 is 10.1 Å². The van der Waals surface area contributed by atoms with E-state index in [4.69, 9.17) is 4.74 Å². The Morgan fingerprint density at radius 3 is 2.81 bits per heavy atom. The van der Waals surface area contributed by atoms with Gasteiger partial charge in [0.2, 0.25) is 5.90 Å². The molecule has 1 aliphatic rings. The topological polar surface area (TPSA) is 50.7 Å². The van der Waals surface area contributed by atoms with Gasteiger partial charge in [-0.25, -0.2) is 9.79 Å². The van der Waals surface area contributed by atoms with Gasteiger partial charge in [0.1, 0.15) is 0 Å². The summed E-state index contributed by atoms with van der Waals surface area (Å²) >= 11 is 0. The van der Waals surface area contributed by atoms with Crippen LogP contribution in [0.15, 0.2) is 60.0 Å². The number of ether oxygens (including phenoxy) is 1. The maximum atomic E-state index is 11.6. The number of esters is 1. The number of nitrogens with zero attached hydrogens (tertiary/aromatic N) is 1. The molecule has 0 unspecified atom stereocenters. The van der Waals surface area contributed by atoms with Crippen LogP contribution in [0.1, 0.15) is 10.4 Å². The molecule has 0 bridgehead atoms. The third-order valence-corrected chi connectivity index (χ3v) is 1.90. The van der Waals surface area contributed by atoms with Crippen molar-refractivity contribution < 1.29 is 9.53 Å². The molecular weight excluding hydrogens is 204 g/mol. The standard InChI is InChI=1S/C12H10N2O2/c15-12(10-4-2-1-3-5-10)16-11-6-7-13-8-9-14-11/h1-9,13H. The highest BCUT2D eigenvalue weighted by atomic mass is 16.5.